The Kier molecular flexibility index (Phi) is 7.85. The van der Waals surface area contributed by atoms with Gasteiger partial charge in [-0.15, -0.1) is 0 Å². The highest BCUT2D eigenvalue weighted by atomic mass is 16.5. The highest BCUT2D eigenvalue weighted by Gasteiger charge is 2.24. The standard InChI is InChI=1S/C26H39N5O/c1-31(2)25-22-9-5-6-10-23(22)29-26(30-25)28-21-14-12-19(13-15-21)18-27-17-16-20-8-4-7-11-24(20)32-3/h4,7-8,11,19,21,27H,5-6,9-10,12-18H2,1-3H3,(H,28,29,30)/t19-,21+. The number of rotatable bonds is 9. The van der Waals surface area contributed by atoms with Gasteiger partial charge in [0.05, 0.1) is 12.8 Å². The molecule has 0 amide bonds. The Morgan fingerprint density at radius 3 is 2.59 bits per heavy atom. The molecule has 2 aliphatic rings. The summed E-state index contributed by atoms with van der Waals surface area (Å²) in [6.07, 6.45) is 10.6. The fraction of sp³-hybridized carbons (Fsp3) is 0.615. The van der Waals surface area contributed by atoms with Crippen LogP contribution in [0.5, 0.6) is 5.75 Å². The lowest BCUT2D eigenvalue weighted by atomic mass is 9.86. The lowest BCUT2D eigenvalue weighted by Crippen LogP contribution is -2.32. The molecular weight excluding hydrogens is 398 g/mol. The van der Waals surface area contributed by atoms with Gasteiger partial charge in [-0.25, -0.2) is 4.98 Å². The molecule has 0 atom stereocenters. The van der Waals surface area contributed by atoms with Crippen LogP contribution in [-0.4, -0.2) is 50.3 Å². The summed E-state index contributed by atoms with van der Waals surface area (Å²) in [6, 6.07) is 8.79. The fourth-order valence-electron chi connectivity index (χ4n) is 5.14. The molecule has 0 unspecified atom stereocenters. The predicted octanol–water partition coefficient (Wildman–Crippen LogP) is 4.23. The summed E-state index contributed by atoms with van der Waals surface area (Å²) in [4.78, 5) is 11.9. The molecule has 0 bridgehead atoms. The molecule has 1 heterocycles. The van der Waals surface area contributed by atoms with Gasteiger partial charge in [0.1, 0.15) is 11.6 Å². The number of ether oxygens (including phenoxy) is 1. The van der Waals surface area contributed by atoms with E-state index in [1.54, 1.807) is 7.11 Å². The van der Waals surface area contributed by atoms with Crippen LogP contribution in [0.2, 0.25) is 0 Å². The molecule has 0 radical (unpaired) electrons. The molecule has 1 aromatic heterocycles. The molecule has 6 nitrogen and oxygen atoms in total. The van der Waals surface area contributed by atoms with Crippen LogP contribution in [0.15, 0.2) is 24.3 Å². The molecule has 174 valence electrons. The van der Waals surface area contributed by atoms with E-state index in [9.17, 15) is 0 Å². The smallest absolute Gasteiger partial charge is 0.225 e. The molecule has 0 aliphatic heterocycles. The fourth-order valence-corrected chi connectivity index (χ4v) is 5.14. The number of aromatic nitrogens is 2. The van der Waals surface area contributed by atoms with Crippen LogP contribution in [0.25, 0.3) is 0 Å². The van der Waals surface area contributed by atoms with Crippen LogP contribution < -0.4 is 20.3 Å². The second kappa shape index (κ2) is 11.0. The minimum absolute atomic E-state index is 0.483. The van der Waals surface area contributed by atoms with E-state index in [1.165, 1.54) is 55.3 Å². The van der Waals surface area contributed by atoms with Crippen LogP contribution in [0.4, 0.5) is 11.8 Å². The second-order valence-electron chi connectivity index (χ2n) is 9.53. The minimum Gasteiger partial charge on any atom is -0.496 e. The largest absolute Gasteiger partial charge is 0.496 e. The molecule has 32 heavy (non-hydrogen) atoms. The van der Waals surface area contributed by atoms with E-state index in [-0.39, 0.29) is 0 Å². The Hall–Kier alpha value is -2.34. The van der Waals surface area contributed by atoms with Crippen LogP contribution in [0.3, 0.4) is 0 Å². The number of para-hydroxylation sites is 1. The number of nitrogens with zero attached hydrogens (tertiary/aromatic N) is 3. The molecule has 1 fully saturated rings. The van der Waals surface area contributed by atoms with E-state index in [0.29, 0.717) is 6.04 Å². The van der Waals surface area contributed by atoms with Crippen molar-refractivity contribution in [3.8, 4) is 5.75 Å². The third-order valence-electron chi connectivity index (χ3n) is 6.96. The Balaban J connectivity index is 1.23. The number of hydrogen-bond donors (Lipinski definition) is 2. The maximum absolute atomic E-state index is 5.46. The maximum Gasteiger partial charge on any atom is 0.225 e. The molecule has 1 aromatic carbocycles. The first-order valence-electron chi connectivity index (χ1n) is 12.3. The number of methoxy groups -OCH3 is 1. The number of fused-ring (bicyclic) bond motifs is 1. The number of aryl methyl sites for hydroxylation is 1. The van der Waals surface area contributed by atoms with Gasteiger partial charge in [-0.05, 0) is 88.4 Å². The van der Waals surface area contributed by atoms with E-state index >= 15 is 0 Å². The monoisotopic (exact) mass is 437 g/mol. The number of anilines is 2. The van der Waals surface area contributed by atoms with Gasteiger partial charge in [-0.3, -0.25) is 0 Å². The van der Waals surface area contributed by atoms with E-state index in [2.05, 4.69) is 41.8 Å². The Morgan fingerprint density at radius 1 is 1.03 bits per heavy atom. The average Bonchev–Trinajstić information content (AvgIpc) is 2.82. The molecule has 4 rings (SSSR count). The van der Waals surface area contributed by atoms with Crippen molar-refractivity contribution in [1.82, 2.24) is 15.3 Å². The summed E-state index contributed by atoms with van der Waals surface area (Å²) in [7, 11) is 5.93. The highest BCUT2D eigenvalue weighted by Crippen LogP contribution is 2.30. The number of benzene rings is 1. The van der Waals surface area contributed by atoms with Crippen molar-refractivity contribution in [1.29, 1.82) is 0 Å². The van der Waals surface area contributed by atoms with Gasteiger partial charge >= 0.3 is 0 Å². The lowest BCUT2D eigenvalue weighted by Gasteiger charge is -2.30. The zero-order valence-electron chi connectivity index (χ0n) is 20.0. The quantitative estimate of drug-likeness (QED) is 0.573. The summed E-state index contributed by atoms with van der Waals surface area (Å²) < 4.78 is 5.46. The van der Waals surface area contributed by atoms with E-state index in [4.69, 9.17) is 14.7 Å². The van der Waals surface area contributed by atoms with Crippen molar-refractivity contribution in [3.63, 3.8) is 0 Å². The Morgan fingerprint density at radius 2 is 1.81 bits per heavy atom. The molecule has 2 N–H and O–H groups in total. The molecule has 6 heteroatoms. The van der Waals surface area contributed by atoms with E-state index in [0.717, 1.165) is 55.8 Å². The van der Waals surface area contributed by atoms with Crippen LogP contribution in [0, 0.1) is 5.92 Å². The van der Waals surface area contributed by atoms with Crippen molar-refractivity contribution < 1.29 is 4.74 Å². The predicted molar refractivity (Wildman–Crippen MR) is 132 cm³/mol. The van der Waals surface area contributed by atoms with Gasteiger partial charge in [0, 0.05) is 25.7 Å². The number of nitrogens with one attached hydrogen (secondary N) is 2. The minimum atomic E-state index is 0.483. The van der Waals surface area contributed by atoms with Gasteiger partial charge in [0.2, 0.25) is 5.95 Å². The first-order chi connectivity index (χ1) is 15.6. The molecule has 0 spiro atoms. The summed E-state index contributed by atoms with van der Waals surface area (Å²) >= 11 is 0. The molecule has 1 saturated carbocycles. The van der Waals surface area contributed by atoms with Crippen molar-refractivity contribution in [2.75, 3.05) is 44.5 Å². The van der Waals surface area contributed by atoms with Crippen LogP contribution in [-0.2, 0) is 19.3 Å². The van der Waals surface area contributed by atoms with Gasteiger partial charge < -0.3 is 20.3 Å². The first-order valence-corrected chi connectivity index (χ1v) is 12.3. The second-order valence-corrected chi connectivity index (χ2v) is 9.53. The summed E-state index contributed by atoms with van der Waals surface area (Å²) in [5, 5.41) is 7.33. The van der Waals surface area contributed by atoms with Gasteiger partial charge in [-0.1, -0.05) is 18.2 Å². The number of hydrogen-bond acceptors (Lipinski definition) is 6. The summed E-state index contributed by atoms with van der Waals surface area (Å²) in [5.74, 6) is 3.67. The van der Waals surface area contributed by atoms with Crippen molar-refractivity contribution in [2.24, 2.45) is 5.92 Å². The Bertz CT molecular complexity index is 877. The van der Waals surface area contributed by atoms with Gasteiger partial charge in [0.25, 0.3) is 0 Å². The SMILES string of the molecule is COc1ccccc1CCNC[C@H]1CC[C@@H](Nc2nc3c(c(N(C)C)n2)CCCC3)CC1. The first kappa shape index (κ1) is 22.8. The molecular formula is C26H39N5O. The van der Waals surface area contributed by atoms with Crippen molar-refractivity contribution >= 4 is 11.8 Å². The zero-order valence-corrected chi connectivity index (χ0v) is 20.0. The zero-order chi connectivity index (χ0) is 22.3. The van der Waals surface area contributed by atoms with Gasteiger partial charge in [0.15, 0.2) is 0 Å². The molecule has 0 saturated heterocycles. The third kappa shape index (κ3) is 5.71. The summed E-state index contributed by atoms with van der Waals surface area (Å²) in [6.45, 7) is 2.09. The van der Waals surface area contributed by atoms with Crippen molar-refractivity contribution in [3.05, 3.63) is 41.1 Å². The topological polar surface area (TPSA) is 62.3 Å². The maximum atomic E-state index is 5.46. The van der Waals surface area contributed by atoms with Crippen LogP contribution >= 0.6 is 0 Å². The van der Waals surface area contributed by atoms with Gasteiger partial charge in [-0.2, -0.15) is 4.98 Å². The summed E-state index contributed by atoms with van der Waals surface area (Å²) in [5.41, 5.74) is 3.89. The molecule has 2 aliphatic carbocycles. The average molecular weight is 438 g/mol. The molecule has 2 aromatic rings. The van der Waals surface area contributed by atoms with Crippen LogP contribution in [0.1, 0.15) is 55.3 Å². The third-order valence-corrected chi connectivity index (χ3v) is 6.96. The van der Waals surface area contributed by atoms with E-state index in [1.807, 2.05) is 12.1 Å². The van der Waals surface area contributed by atoms with Crippen molar-refractivity contribution in [2.45, 2.75) is 63.8 Å². The highest BCUT2D eigenvalue weighted by molar-refractivity contribution is 5.52. The normalized spacial score (nSPS) is 20.5. The van der Waals surface area contributed by atoms with E-state index < -0.39 is 0 Å². The lowest BCUT2D eigenvalue weighted by molar-refractivity contribution is 0.324. The Labute approximate surface area is 193 Å².